The van der Waals surface area contributed by atoms with Crippen LogP contribution in [0.1, 0.15) is 12.0 Å². The van der Waals surface area contributed by atoms with Crippen LogP contribution in [0.5, 0.6) is 0 Å². The predicted molar refractivity (Wildman–Crippen MR) is 66.8 cm³/mol. The zero-order valence-corrected chi connectivity index (χ0v) is 10.3. The normalized spacial score (nSPS) is 19.8. The molecule has 1 aromatic rings. The first-order valence-corrected chi connectivity index (χ1v) is 5.80. The number of aryl methyl sites for hydroxylation is 1. The highest BCUT2D eigenvalue weighted by molar-refractivity contribution is 6.34. The number of rotatable bonds is 2. The Kier molecular flexibility index (Phi) is 3.20. The average Bonchev–Trinajstić information content (AvgIpc) is 2.66. The maximum absolute atomic E-state index is 13.8. The summed E-state index contributed by atoms with van der Waals surface area (Å²) >= 11 is 6.08. The minimum atomic E-state index is -0.460. The second-order valence-electron chi connectivity index (χ2n) is 4.23. The first-order chi connectivity index (χ1) is 8.04. The highest BCUT2D eigenvalue weighted by Gasteiger charge is 2.32. The molecule has 1 aromatic carbocycles. The second-order valence-corrected chi connectivity index (χ2v) is 4.61. The zero-order chi connectivity index (χ0) is 12.6. The summed E-state index contributed by atoms with van der Waals surface area (Å²) in [6.45, 7) is 5.90. The van der Waals surface area contributed by atoms with E-state index in [0.717, 1.165) is 5.56 Å². The molecule has 0 aromatic heterocycles. The molecule has 0 radical (unpaired) electrons. The van der Waals surface area contributed by atoms with Gasteiger partial charge in [-0.25, -0.2) is 4.39 Å². The van der Waals surface area contributed by atoms with Crippen LogP contribution in [0.15, 0.2) is 24.8 Å². The Labute approximate surface area is 105 Å². The van der Waals surface area contributed by atoms with E-state index in [4.69, 9.17) is 11.6 Å². The van der Waals surface area contributed by atoms with E-state index in [2.05, 4.69) is 6.58 Å². The van der Waals surface area contributed by atoms with Gasteiger partial charge in [0.15, 0.2) is 0 Å². The SMILES string of the molecule is C=CC1CC(=O)N(c2c(F)ccc(C)c2Cl)C1. The molecule has 90 valence electrons. The van der Waals surface area contributed by atoms with Gasteiger partial charge in [-0.15, -0.1) is 6.58 Å². The standard InChI is InChI=1S/C13H13ClFNO/c1-3-9-6-11(17)16(7-9)13-10(15)5-4-8(2)12(13)14/h3-5,9H,1,6-7H2,2H3. The van der Waals surface area contributed by atoms with Crippen molar-refractivity contribution >= 4 is 23.2 Å². The smallest absolute Gasteiger partial charge is 0.227 e. The topological polar surface area (TPSA) is 20.3 Å². The zero-order valence-electron chi connectivity index (χ0n) is 9.54. The quantitative estimate of drug-likeness (QED) is 0.741. The third-order valence-corrected chi connectivity index (χ3v) is 3.50. The summed E-state index contributed by atoms with van der Waals surface area (Å²) in [5.41, 5.74) is 0.957. The van der Waals surface area contributed by atoms with Gasteiger partial charge in [-0.05, 0) is 18.6 Å². The van der Waals surface area contributed by atoms with Crippen LogP contribution >= 0.6 is 11.6 Å². The van der Waals surface area contributed by atoms with E-state index in [9.17, 15) is 9.18 Å². The van der Waals surface area contributed by atoms with Gasteiger partial charge in [0.25, 0.3) is 0 Å². The summed E-state index contributed by atoms with van der Waals surface area (Å²) in [5, 5.41) is 0.308. The molecule has 0 N–H and O–H groups in total. The summed E-state index contributed by atoms with van der Waals surface area (Å²) < 4.78 is 13.8. The van der Waals surface area contributed by atoms with Gasteiger partial charge < -0.3 is 4.90 Å². The molecule has 2 rings (SSSR count). The van der Waals surface area contributed by atoms with E-state index in [1.54, 1.807) is 19.1 Å². The number of carbonyl (C=O) groups is 1. The lowest BCUT2D eigenvalue weighted by atomic mass is 10.1. The third-order valence-electron chi connectivity index (χ3n) is 3.02. The highest BCUT2D eigenvalue weighted by Crippen LogP contribution is 2.35. The Balaban J connectivity index is 2.44. The van der Waals surface area contributed by atoms with Gasteiger partial charge in [-0.3, -0.25) is 4.79 Å². The molecule has 1 aliphatic rings. The molecule has 1 aliphatic heterocycles. The van der Waals surface area contributed by atoms with Gasteiger partial charge in [0.05, 0.1) is 10.7 Å². The molecule has 1 amide bonds. The van der Waals surface area contributed by atoms with E-state index >= 15 is 0 Å². The molecule has 0 saturated carbocycles. The van der Waals surface area contributed by atoms with Crippen LogP contribution in [-0.2, 0) is 4.79 Å². The molecule has 0 bridgehead atoms. The van der Waals surface area contributed by atoms with Gasteiger partial charge in [0.2, 0.25) is 5.91 Å². The van der Waals surface area contributed by atoms with Gasteiger partial charge in [0, 0.05) is 18.9 Å². The maximum atomic E-state index is 13.8. The molecule has 1 saturated heterocycles. The molecule has 0 aliphatic carbocycles. The van der Waals surface area contributed by atoms with Crippen molar-refractivity contribution in [1.82, 2.24) is 0 Å². The van der Waals surface area contributed by atoms with Crippen molar-refractivity contribution in [3.8, 4) is 0 Å². The largest absolute Gasteiger partial charge is 0.308 e. The monoisotopic (exact) mass is 253 g/mol. The van der Waals surface area contributed by atoms with E-state index in [1.807, 2.05) is 0 Å². The van der Waals surface area contributed by atoms with Crippen molar-refractivity contribution in [1.29, 1.82) is 0 Å². The molecule has 1 unspecified atom stereocenters. The van der Waals surface area contributed by atoms with E-state index < -0.39 is 5.82 Å². The molecule has 2 nitrogen and oxygen atoms in total. The number of halogens is 2. The number of anilines is 1. The van der Waals surface area contributed by atoms with Crippen molar-refractivity contribution in [3.63, 3.8) is 0 Å². The van der Waals surface area contributed by atoms with E-state index in [-0.39, 0.29) is 17.5 Å². The van der Waals surface area contributed by atoms with Gasteiger partial charge >= 0.3 is 0 Å². The average molecular weight is 254 g/mol. The Bertz CT molecular complexity index is 487. The van der Waals surface area contributed by atoms with E-state index in [0.29, 0.717) is 18.0 Å². The van der Waals surface area contributed by atoms with Crippen LogP contribution in [0.4, 0.5) is 10.1 Å². The Morgan fingerprint density at radius 1 is 1.59 bits per heavy atom. The Morgan fingerprint density at radius 2 is 2.29 bits per heavy atom. The molecule has 0 spiro atoms. The molecule has 17 heavy (non-hydrogen) atoms. The van der Waals surface area contributed by atoms with Crippen molar-refractivity contribution in [2.75, 3.05) is 11.4 Å². The molecular formula is C13H13ClFNO. The van der Waals surface area contributed by atoms with Crippen LogP contribution in [0.3, 0.4) is 0 Å². The molecule has 1 heterocycles. The molecule has 1 atom stereocenters. The van der Waals surface area contributed by atoms with Crippen molar-refractivity contribution < 1.29 is 9.18 Å². The van der Waals surface area contributed by atoms with Gasteiger partial charge in [-0.2, -0.15) is 0 Å². The van der Waals surface area contributed by atoms with Crippen LogP contribution in [0.25, 0.3) is 0 Å². The Hall–Kier alpha value is -1.35. The minimum absolute atomic E-state index is 0.0680. The van der Waals surface area contributed by atoms with Crippen molar-refractivity contribution in [2.24, 2.45) is 5.92 Å². The third kappa shape index (κ3) is 2.07. The first-order valence-electron chi connectivity index (χ1n) is 5.42. The van der Waals surface area contributed by atoms with Gasteiger partial charge in [-0.1, -0.05) is 23.7 Å². The fraction of sp³-hybridized carbons (Fsp3) is 0.308. The lowest BCUT2D eigenvalue weighted by Gasteiger charge is -2.19. The minimum Gasteiger partial charge on any atom is -0.308 e. The second kappa shape index (κ2) is 4.49. The van der Waals surface area contributed by atoms with Crippen molar-refractivity contribution in [3.05, 3.63) is 41.2 Å². The number of hydrogen-bond donors (Lipinski definition) is 0. The summed E-state index contributed by atoms with van der Waals surface area (Å²) in [6.07, 6.45) is 2.09. The summed E-state index contributed by atoms with van der Waals surface area (Å²) in [4.78, 5) is 13.2. The van der Waals surface area contributed by atoms with Crippen LogP contribution in [0, 0.1) is 18.7 Å². The summed E-state index contributed by atoms with van der Waals surface area (Å²) in [5.74, 6) is -0.501. The van der Waals surface area contributed by atoms with Crippen molar-refractivity contribution in [2.45, 2.75) is 13.3 Å². The highest BCUT2D eigenvalue weighted by atomic mass is 35.5. The fourth-order valence-electron chi connectivity index (χ4n) is 2.00. The fourth-order valence-corrected chi connectivity index (χ4v) is 2.25. The number of hydrogen-bond acceptors (Lipinski definition) is 1. The molecule has 4 heteroatoms. The van der Waals surface area contributed by atoms with Crippen LogP contribution in [-0.4, -0.2) is 12.5 Å². The number of amides is 1. The number of carbonyl (C=O) groups excluding carboxylic acids is 1. The van der Waals surface area contributed by atoms with E-state index in [1.165, 1.54) is 11.0 Å². The predicted octanol–water partition coefficient (Wildman–Crippen LogP) is 3.33. The summed E-state index contributed by atoms with van der Waals surface area (Å²) in [7, 11) is 0. The maximum Gasteiger partial charge on any atom is 0.227 e. The first kappa shape index (κ1) is 12.1. The summed E-state index contributed by atoms with van der Waals surface area (Å²) in [6, 6.07) is 2.94. The molecule has 1 fully saturated rings. The number of benzene rings is 1. The lowest BCUT2D eigenvalue weighted by molar-refractivity contribution is -0.117. The lowest BCUT2D eigenvalue weighted by Crippen LogP contribution is -2.26. The number of nitrogens with zero attached hydrogens (tertiary/aromatic N) is 1. The molecular weight excluding hydrogens is 241 g/mol. The Morgan fingerprint density at radius 3 is 2.88 bits per heavy atom. The van der Waals surface area contributed by atoms with Crippen LogP contribution in [0.2, 0.25) is 5.02 Å². The van der Waals surface area contributed by atoms with Crippen LogP contribution < -0.4 is 4.90 Å². The van der Waals surface area contributed by atoms with Gasteiger partial charge in [0.1, 0.15) is 5.82 Å².